The van der Waals surface area contributed by atoms with E-state index in [0.717, 1.165) is 44.4 Å². The van der Waals surface area contributed by atoms with Crippen molar-refractivity contribution in [2.24, 2.45) is 5.73 Å². The van der Waals surface area contributed by atoms with Crippen molar-refractivity contribution in [3.63, 3.8) is 0 Å². The van der Waals surface area contributed by atoms with Gasteiger partial charge in [0.1, 0.15) is 0 Å². The molecule has 90 valence electrons. The molecule has 16 heavy (non-hydrogen) atoms. The molecule has 2 heterocycles. The fourth-order valence-corrected chi connectivity index (χ4v) is 3.92. The van der Waals surface area contributed by atoms with E-state index >= 15 is 0 Å². The lowest BCUT2D eigenvalue weighted by atomic mass is 10.0. The zero-order chi connectivity index (χ0) is 11.5. The minimum absolute atomic E-state index is 0.0115. The number of nitrogens with two attached hydrogens (primary N) is 1. The van der Waals surface area contributed by atoms with Crippen molar-refractivity contribution in [1.82, 2.24) is 4.90 Å². The van der Waals surface area contributed by atoms with Crippen molar-refractivity contribution in [3.05, 3.63) is 0 Å². The number of hydrogen-bond acceptors (Lipinski definition) is 3. The Kier molecular flexibility index (Phi) is 4.08. The third kappa shape index (κ3) is 2.51. The fraction of sp³-hybridized carbons (Fsp3) is 0.818. The molecule has 2 aliphatic rings. The summed E-state index contributed by atoms with van der Waals surface area (Å²) >= 11 is 6.85. The van der Waals surface area contributed by atoms with Crippen LogP contribution in [-0.2, 0) is 4.79 Å². The van der Waals surface area contributed by atoms with E-state index in [4.69, 9.17) is 18.0 Å². The highest BCUT2D eigenvalue weighted by atomic mass is 32.2. The van der Waals surface area contributed by atoms with E-state index in [0.29, 0.717) is 4.99 Å². The first-order chi connectivity index (χ1) is 7.70. The maximum absolute atomic E-state index is 12.3. The number of thioether (sulfide) groups is 1. The monoisotopic (exact) mass is 258 g/mol. The van der Waals surface area contributed by atoms with Crippen molar-refractivity contribution in [1.29, 1.82) is 0 Å². The van der Waals surface area contributed by atoms with Crippen molar-refractivity contribution in [3.8, 4) is 0 Å². The lowest BCUT2D eigenvalue weighted by Gasteiger charge is -2.36. The molecule has 5 heteroatoms. The minimum Gasteiger partial charge on any atom is -0.392 e. The highest BCUT2D eigenvalue weighted by Crippen LogP contribution is 2.30. The summed E-state index contributed by atoms with van der Waals surface area (Å²) in [6, 6.07) is 0.0115. The molecule has 2 saturated heterocycles. The normalized spacial score (nSPS) is 30.4. The first-order valence-corrected chi connectivity index (χ1v) is 7.37. The second-order valence-electron chi connectivity index (χ2n) is 4.45. The summed E-state index contributed by atoms with van der Waals surface area (Å²) in [5.41, 5.74) is 5.72. The highest BCUT2D eigenvalue weighted by Gasteiger charge is 2.34. The van der Waals surface area contributed by atoms with Gasteiger partial charge in [-0.05, 0) is 37.9 Å². The lowest BCUT2D eigenvalue weighted by Crippen LogP contribution is -2.52. The van der Waals surface area contributed by atoms with Gasteiger partial charge < -0.3 is 10.6 Å². The van der Waals surface area contributed by atoms with E-state index in [1.165, 1.54) is 0 Å². The van der Waals surface area contributed by atoms with Crippen LogP contribution in [0.25, 0.3) is 0 Å². The molecule has 2 fully saturated rings. The Morgan fingerprint density at radius 2 is 2.12 bits per heavy atom. The Morgan fingerprint density at radius 3 is 2.75 bits per heavy atom. The topological polar surface area (TPSA) is 46.3 Å². The molecule has 0 aromatic rings. The third-order valence-electron chi connectivity index (χ3n) is 3.32. The summed E-state index contributed by atoms with van der Waals surface area (Å²) in [4.78, 5) is 14.7. The number of nitrogens with zero attached hydrogens (tertiary/aromatic N) is 1. The van der Waals surface area contributed by atoms with Crippen LogP contribution in [-0.4, -0.2) is 39.4 Å². The maximum atomic E-state index is 12.3. The van der Waals surface area contributed by atoms with Crippen molar-refractivity contribution in [2.75, 3.05) is 12.3 Å². The number of thiocarbonyl (C=S) groups is 1. The molecular weight excluding hydrogens is 240 g/mol. The summed E-state index contributed by atoms with van der Waals surface area (Å²) in [5.74, 6) is 1.38. The zero-order valence-electron chi connectivity index (χ0n) is 9.35. The van der Waals surface area contributed by atoms with Crippen LogP contribution in [0.5, 0.6) is 0 Å². The second-order valence-corrected chi connectivity index (χ2v) is 6.23. The molecule has 2 rings (SSSR count). The van der Waals surface area contributed by atoms with Crippen molar-refractivity contribution >= 4 is 34.9 Å². The van der Waals surface area contributed by atoms with Gasteiger partial charge in [0, 0.05) is 6.54 Å². The van der Waals surface area contributed by atoms with Crippen molar-refractivity contribution in [2.45, 2.75) is 43.4 Å². The van der Waals surface area contributed by atoms with Crippen LogP contribution in [0.1, 0.15) is 32.1 Å². The van der Waals surface area contributed by atoms with Gasteiger partial charge in [0.05, 0.1) is 16.3 Å². The number of likely N-dealkylation sites (tertiary alicyclic amines) is 1. The molecule has 0 saturated carbocycles. The van der Waals surface area contributed by atoms with Gasteiger partial charge in [0.25, 0.3) is 0 Å². The Bertz CT molecular complexity index is 290. The Balaban J connectivity index is 2.04. The number of rotatable bonds is 2. The fourth-order valence-electron chi connectivity index (χ4n) is 2.45. The molecule has 0 spiro atoms. The summed E-state index contributed by atoms with van der Waals surface area (Å²) in [5, 5.41) is 0.162. The average Bonchev–Trinajstić information content (AvgIpc) is 2.81. The van der Waals surface area contributed by atoms with Gasteiger partial charge in [0.2, 0.25) is 5.91 Å². The Labute approximate surface area is 106 Å². The highest BCUT2D eigenvalue weighted by molar-refractivity contribution is 8.00. The molecule has 2 unspecified atom stereocenters. The molecular formula is C11H18N2OS2. The maximum Gasteiger partial charge on any atom is 0.236 e. The standard InChI is InChI=1S/C11H18N2OS2/c12-10(15)8-4-1-2-6-13(8)11(14)9-5-3-7-16-9/h8-9H,1-7H2,(H2,12,15). The molecule has 0 bridgehead atoms. The van der Waals surface area contributed by atoms with Gasteiger partial charge in [-0.1, -0.05) is 12.2 Å². The van der Waals surface area contributed by atoms with Crippen LogP contribution in [0.2, 0.25) is 0 Å². The van der Waals surface area contributed by atoms with Crippen LogP contribution in [0.3, 0.4) is 0 Å². The molecule has 3 nitrogen and oxygen atoms in total. The van der Waals surface area contributed by atoms with Gasteiger partial charge in [-0.15, -0.1) is 11.8 Å². The van der Waals surface area contributed by atoms with Crippen LogP contribution in [0.4, 0.5) is 0 Å². The molecule has 0 aliphatic carbocycles. The molecule has 2 N–H and O–H groups in total. The van der Waals surface area contributed by atoms with Crippen LogP contribution < -0.4 is 5.73 Å². The first kappa shape index (κ1) is 12.2. The van der Waals surface area contributed by atoms with Gasteiger partial charge in [0.15, 0.2) is 0 Å². The van der Waals surface area contributed by atoms with Gasteiger partial charge in [-0.2, -0.15) is 0 Å². The van der Waals surface area contributed by atoms with Crippen molar-refractivity contribution < 1.29 is 4.79 Å². The molecule has 2 aliphatic heterocycles. The van der Waals surface area contributed by atoms with Gasteiger partial charge in [-0.25, -0.2) is 0 Å². The van der Waals surface area contributed by atoms with E-state index in [1.807, 2.05) is 4.90 Å². The summed E-state index contributed by atoms with van der Waals surface area (Å²) in [7, 11) is 0. The van der Waals surface area contributed by atoms with E-state index in [-0.39, 0.29) is 17.2 Å². The third-order valence-corrected chi connectivity index (χ3v) is 4.96. The number of piperidine rings is 1. The van der Waals surface area contributed by atoms with Crippen LogP contribution in [0, 0.1) is 0 Å². The SMILES string of the molecule is NC(=S)C1CCCCN1C(=O)C1CCCS1. The predicted octanol–water partition coefficient (Wildman–Crippen LogP) is 1.55. The van der Waals surface area contributed by atoms with Crippen LogP contribution in [0.15, 0.2) is 0 Å². The summed E-state index contributed by atoms with van der Waals surface area (Å²) in [6.07, 6.45) is 5.33. The first-order valence-electron chi connectivity index (χ1n) is 5.91. The smallest absolute Gasteiger partial charge is 0.236 e. The minimum atomic E-state index is 0.0115. The van der Waals surface area contributed by atoms with E-state index in [9.17, 15) is 4.79 Å². The number of hydrogen-bond donors (Lipinski definition) is 1. The molecule has 0 aromatic carbocycles. The zero-order valence-corrected chi connectivity index (χ0v) is 11.0. The number of carbonyl (C=O) groups is 1. The average molecular weight is 258 g/mol. The number of amides is 1. The van der Waals surface area contributed by atoms with E-state index in [2.05, 4.69) is 0 Å². The molecule has 0 radical (unpaired) electrons. The Morgan fingerprint density at radius 1 is 1.31 bits per heavy atom. The Hall–Kier alpha value is -0.290. The molecule has 2 atom stereocenters. The summed E-state index contributed by atoms with van der Waals surface area (Å²) < 4.78 is 0. The lowest BCUT2D eigenvalue weighted by molar-refractivity contribution is -0.132. The quantitative estimate of drug-likeness (QED) is 0.763. The van der Waals surface area contributed by atoms with E-state index in [1.54, 1.807) is 11.8 Å². The second kappa shape index (κ2) is 5.36. The van der Waals surface area contributed by atoms with Gasteiger partial charge >= 0.3 is 0 Å². The molecule has 0 aromatic heterocycles. The van der Waals surface area contributed by atoms with Gasteiger partial charge in [-0.3, -0.25) is 4.79 Å². The largest absolute Gasteiger partial charge is 0.392 e. The van der Waals surface area contributed by atoms with E-state index < -0.39 is 0 Å². The number of carbonyl (C=O) groups excluding carboxylic acids is 1. The summed E-state index contributed by atoms with van der Waals surface area (Å²) in [6.45, 7) is 0.831. The molecule has 1 amide bonds. The predicted molar refractivity (Wildman–Crippen MR) is 71.6 cm³/mol. The van der Waals surface area contributed by atoms with Crippen LogP contribution >= 0.6 is 24.0 Å².